The van der Waals surface area contributed by atoms with Gasteiger partial charge in [0.2, 0.25) is 0 Å². The van der Waals surface area contributed by atoms with Gasteiger partial charge in [0.15, 0.2) is 5.65 Å². The largest absolute Gasteiger partial charge is 0.356 e. The maximum Gasteiger partial charge on any atom is 0.157 e. The Hall–Kier alpha value is -1.29. The summed E-state index contributed by atoms with van der Waals surface area (Å²) in [7, 11) is 0. The van der Waals surface area contributed by atoms with Gasteiger partial charge in [0, 0.05) is 18.5 Å². The standard InChI is InChI=1S/C13H17ClN4/c1-9-5-12-15-8-16-18(12)13(6-9)17-4-3-11(14)10(2)7-17/h5-6,8,10-11H,3-4,7H2,1-2H3. The van der Waals surface area contributed by atoms with Gasteiger partial charge in [-0.1, -0.05) is 6.92 Å². The average Bonchev–Trinajstić information content (AvgIpc) is 2.79. The summed E-state index contributed by atoms with van der Waals surface area (Å²) >= 11 is 6.29. The number of rotatable bonds is 1. The van der Waals surface area contributed by atoms with Crippen LogP contribution in [0.3, 0.4) is 0 Å². The fraction of sp³-hybridized carbons (Fsp3) is 0.538. The predicted molar refractivity (Wildman–Crippen MR) is 73.4 cm³/mol. The zero-order valence-electron chi connectivity index (χ0n) is 10.7. The molecule has 18 heavy (non-hydrogen) atoms. The predicted octanol–water partition coefficient (Wildman–Crippen LogP) is 2.49. The van der Waals surface area contributed by atoms with Crippen LogP contribution >= 0.6 is 11.6 Å². The highest BCUT2D eigenvalue weighted by atomic mass is 35.5. The molecule has 1 aliphatic rings. The molecule has 0 radical (unpaired) electrons. The zero-order chi connectivity index (χ0) is 12.7. The number of hydrogen-bond acceptors (Lipinski definition) is 3. The summed E-state index contributed by atoms with van der Waals surface area (Å²) in [5, 5.41) is 4.60. The molecule has 0 N–H and O–H groups in total. The molecule has 1 aliphatic heterocycles. The molecule has 5 heteroatoms. The van der Waals surface area contributed by atoms with Crippen LogP contribution in [-0.4, -0.2) is 33.1 Å². The Kier molecular flexibility index (Phi) is 2.90. The summed E-state index contributed by atoms with van der Waals surface area (Å²) in [5.41, 5.74) is 2.12. The molecular weight excluding hydrogens is 248 g/mol. The Morgan fingerprint density at radius 3 is 3.00 bits per heavy atom. The van der Waals surface area contributed by atoms with Crippen molar-refractivity contribution in [2.24, 2.45) is 5.92 Å². The molecule has 4 nitrogen and oxygen atoms in total. The van der Waals surface area contributed by atoms with E-state index in [4.69, 9.17) is 11.6 Å². The number of pyridine rings is 1. The lowest BCUT2D eigenvalue weighted by Crippen LogP contribution is -2.40. The first kappa shape index (κ1) is 11.8. The van der Waals surface area contributed by atoms with Gasteiger partial charge in [0.25, 0.3) is 0 Å². The molecule has 1 saturated heterocycles. The Labute approximate surface area is 112 Å². The van der Waals surface area contributed by atoms with Crippen LogP contribution in [0.25, 0.3) is 5.65 Å². The van der Waals surface area contributed by atoms with Crippen molar-refractivity contribution in [1.29, 1.82) is 0 Å². The quantitative estimate of drug-likeness (QED) is 0.742. The minimum Gasteiger partial charge on any atom is -0.356 e. The Balaban J connectivity index is 2.01. The van der Waals surface area contributed by atoms with Crippen LogP contribution in [0.5, 0.6) is 0 Å². The van der Waals surface area contributed by atoms with Gasteiger partial charge in [0.1, 0.15) is 12.1 Å². The molecule has 0 aliphatic carbocycles. The fourth-order valence-electron chi connectivity index (χ4n) is 2.59. The Bertz CT molecular complexity index is 565. The van der Waals surface area contributed by atoms with Crippen molar-refractivity contribution < 1.29 is 0 Å². The highest BCUT2D eigenvalue weighted by Gasteiger charge is 2.25. The summed E-state index contributed by atoms with van der Waals surface area (Å²) in [4.78, 5) is 6.63. The molecule has 0 saturated carbocycles. The number of fused-ring (bicyclic) bond motifs is 1. The van der Waals surface area contributed by atoms with Crippen molar-refractivity contribution in [3.63, 3.8) is 0 Å². The molecule has 0 aromatic carbocycles. The number of halogens is 1. The van der Waals surface area contributed by atoms with E-state index in [1.165, 1.54) is 5.56 Å². The van der Waals surface area contributed by atoms with E-state index in [-0.39, 0.29) is 5.38 Å². The number of anilines is 1. The number of nitrogens with zero attached hydrogens (tertiary/aromatic N) is 4. The van der Waals surface area contributed by atoms with Gasteiger partial charge in [-0.15, -0.1) is 11.6 Å². The Morgan fingerprint density at radius 1 is 1.39 bits per heavy atom. The first-order valence-corrected chi connectivity index (χ1v) is 6.78. The topological polar surface area (TPSA) is 33.4 Å². The number of aryl methyl sites for hydroxylation is 1. The van der Waals surface area contributed by atoms with Gasteiger partial charge in [-0.05, 0) is 37.0 Å². The van der Waals surface area contributed by atoms with Crippen molar-refractivity contribution >= 4 is 23.1 Å². The van der Waals surface area contributed by atoms with Crippen molar-refractivity contribution in [2.75, 3.05) is 18.0 Å². The third kappa shape index (κ3) is 1.94. The smallest absolute Gasteiger partial charge is 0.157 e. The molecule has 0 spiro atoms. The highest BCUT2D eigenvalue weighted by molar-refractivity contribution is 6.20. The van der Waals surface area contributed by atoms with E-state index >= 15 is 0 Å². The minimum absolute atomic E-state index is 0.289. The number of alkyl halides is 1. The molecule has 2 atom stereocenters. The van der Waals surface area contributed by atoms with Gasteiger partial charge < -0.3 is 4.90 Å². The van der Waals surface area contributed by atoms with Crippen molar-refractivity contribution in [1.82, 2.24) is 14.6 Å². The van der Waals surface area contributed by atoms with Gasteiger partial charge >= 0.3 is 0 Å². The number of piperidine rings is 1. The lowest BCUT2D eigenvalue weighted by Gasteiger charge is -2.35. The number of hydrogen-bond donors (Lipinski definition) is 0. The molecule has 2 unspecified atom stereocenters. The molecule has 3 rings (SSSR count). The first-order valence-electron chi connectivity index (χ1n) is 6.34. The summed E-state index contributed by atoms with van der Waals surface area (Å²) in [6.45, 7) is 6.26. The van der Waals surface area contributed by atoms with Crippen molar-refractivity contribution in [2.45, 2.75) is 25.6 Å². The third-order valence-corrected chi connectivity index (χ3v) is 4.28. The molecule has 2 aromatic heterocycles. The van der Waals surface area contributed by atoms with E-state index in [0.29, 0.717) is 5.92 Å². The van der Waals surface area contributed by atoms with Gasteiger partial charge in [-0.3, -0.25) is 0 Å². The SMILES string of the molecule is Cc1cc(N2CCC(Cl)C(C)C2)n2ncnc2c1. The van der Waals surface area contributed by atoms with E-state index in [2.05, 4.69) is 34.9 Å². The van der Waals surface area contributed by atoms with Crippen molar-refractivity contribution in [3.05, 3.63) is 24.0 Å². The monoisotopic (exact) mass is 264 g/mol. The van der Waals surface area contributed by atoms with Gasteiger partial charge in [-0.25, -0.2) is 4.98 Å². The van der Waals surface area contributed by atoms with E-state index in [9.17, 15) is 0 Å². The average molecular weight is 265 g/mol. The van der Waals surface area contributed by atoms with E-state index in [1.54, 1.807) is 6.33 Å². The third-order valence-electron chi connectivity index (χ3n) is 3.63. The summed E-state index contributed by atoms with van der Waals surface area (Å²) in [6, 6.07) is 4.22. The lowest BCUT2D eigenvalue weighted by molar-refractivity contribution is 0.450. The second-order valence-electron chi connectivity index (χ2n) is 5.15. The summed E-state index contributed by atoms with van der Waals surface area (Å²) in [6.07, 6.45) is 2.63. The van der Waals surface area contributed by atoms with Crippen LogP contribution in [0.4, 0.5) is 5.82 Å². The molecule has 3 heterocycles. The van der Waals surface area contributed by atoms with E-state index in [0.717, 1.165) is 31.0 Å². The molecule has 96 valence electrons. The molecule has 2 aromatic rings. The number of aromatic nitrogens is 3. The van der Waals surface area contributed by atoms with Crippen LogP contribution in [-0.2, 0) is 0 Å². The summed E-state index contributed by atoms with van der Waals surface area (Å²) in [5.74, 6) is 1.62. The normalized spacial score (nSPS) is 24.7. The van der Waals surface area contributed by atoms with E-state index < -0.39 is 0 Å². The van der Waals surface area contributed by atoms with Crippen LogP contribution in [0, 0.1) is 12.8 Å². The van der Waals surface area contributed by atoms with Gasteiger partial charge in [-0.2, -0.15) is 9.61 Å². The van der Waals surface area contributed by atoms with Crippen LogP contribution in [0.15, 0.2) is 18.5 Å². The maximum absolute atomic E-state index is 6.29. The zero-order valence-corrected chi connectivity index (χ0v) is 11.4. The second kappa shape index (κ2) is 4.43. The summed E-state index contributed by atoms with van der Waals surface area (Å²) < 4.78 is 1.91. The second-order valence-corrected chi connectivity index (χ2v) is 5.71. The van der Waals surface area contributed by atoms with Crippen molar-refractivity contribution in [3.8, 4) is 0 Å². The van der Waals surface area contributed by atoms with Crippen LogP contribution in [0.2, 0.25) is 0 Å². The lowest BCUT2D eigenvalue weighted by atomic mass is 9.99. The highest BCUT2D eigenvalue weighted by Crippen LogP contribution is 2.27. The molecule has 0 bridgehead atoms. The van der Waals surface area contributed by atoms with Crippen LogP contribution in [0.1, 0.15) is 18.9 Å². The van der Waals surface area contributed by atoms with E-state index in [1.807, 2.05) is 10.6 Å². The minimum atomic E-state index is 0.289. The molecule has 0 amide bonds. The molecule has 1 fully saturated rings. The van der Waals surface area contributed by atoms with Gasteiger partial charge in [0.05, 0.1) is 0 Å². The maximum atomic E-state index is 6.29. The van der Waals surface area contributed by atoms with Crippen LogP contribution < -0.4 is 4.90 Å². The Morgan fingerprint density at radius 2 is 2.22 bits per heavy atom. The molecular formula is C13H17ClN4. The first-order chi connectivity index (χ1) is 8.65. The fourth-order valence-corrected chi connectivity index (χ4v) is 2.76.